The second kappa shape index (κ2) is 7.08. The fourth-order valence-corrected chi connectivity index (χ4v) is 2.18. The van der Waals surface area contributed by atoms with E-state index in [-0.39, 0.29) is 13.2 Å². The van der Waals surface area contributed by atoms with Gasteiger partial charge in [-0.1, -0.05) is 0 Å². The molecule has 0 amide bonds. The molecule has 1 unspecified atom stereocenters. The second-order valence-electron chi connectivity index (χ2n) is 2.83. The van der Waals surface area contributed by atoms with Crippen LogP contribution >= 0.6 is 7.82 Å². The smallest absolute Gasteiger partial charge is 0.467 e. The van der Waals surface area contributed by atoms with E-state index in [1.165, 1.54) is 13.8 Å². The number of phosphoric ester groups is 1. The Morgan fingerprint density at radius 3 is 1.94 bits per heavy atom. The molecule has 0 spiro atoms. The Kier molecular flexibility index (Phi) is 6.83. The number of hydrogen-bond acceptors (Lipinski definition) is 6. The molecule has 0 aliphatic carbocycles. The predicted octanol–water partition coefficient (Wildman–Crippen LogP) is 2.29. The number of carbonyl (C=O) groups excluding carboxylic acids is 1. The van der Waals surface area contributed by atoms with Crippen LogP contribution in [0.1, 0.15) is 13.8 Å². The molecule has 18 heavy (non-hydrogen) atoms. The molecule has 0 aliphatic rings. The molecule has 0 fully saturated rings. The van der Waals surface area contributed by atoms with Crippen molar-refractivity contribution in [3.8, 4) is 0 Å². The highest BCUT2D eigenvalue weighted by atomic mass is 31.2. The van der Waals surface area contributed by atoms with Crippen molar-refractivity contribution in [2.45, 2.75) is 26.1 Å². The number of phosphoric acid groups is 1. The van der Waals surface area contributed by atoms with E-state index in [9.17, 15) is 22.5 Å². The highest BCUT2D eigenvalue weighted by Gasteiger charge is 2.51. The van der Waals surface area contributed by atoms with E-state index in [1.54, 1.807) is 0 Å². The molecule has 108 valence electrons. The average molecular weight is 294 g/mol. The normalized spacial score (nSPS) is 14.3. The molecule has 0 rings (SSSR count). The van der Waals surface area contributed by atoms with Gasteiger partial charge in [0.1, 0.15) is 0 Å². The van der Waals surface area contributed by atoms with Crippen LogP contribution in [0.2, 0.25) is 0 Å². The van der Waals surface area contributed by atoms with Crippen molar-refractivity contribution in [1.29, 1.82) is 0 Å². The van der Waals surface area contributed by atoms with Gasteiger partial charge >= 0.3 is 20.0 Å². The Balaban J connectivity index is 5.04. The van der Waals surface area contributed by atoms with Crippen LogP contribution in [-0.2, 0) is 27.7 Å². The molecule has 0 aromatic rings. The van der Waals surface area contributed by atoms with Crippen LogP contribution in [0.5, 0.6) is 0 Å². The molecule has 0 radical (unpaired) electrons. The Labute approximate surface area is 102 Å². The predicted molar refractivity (Wildman–Crippen MR) is 53.8 cm³/mol. The molecular weight excluding hydrogens is 280 g/mol. The first-order chi connectivity index (χ1) is 8.20. The summed E-state index contributed by atoms with van der Waals surface area (Å²) in [5.74, 6) is -1.73. The quantitative estimate of drug-likeness (QED) is 0.530. The third-order valence-corrected chi connectivity index (χ3v) is 3.14. The number of hydrogen-bond donors (Lipinski definition) is 0. The first-order valence-corrected chi connectivity index (χ1v) is 6.38. The largest absolute Gasteiger partial charge is 0.475 e. The number of ether oxygens (including phenoxy) is 1. The Hall–Kier alpha value is -0.630. The average Bonchev–Trinajstić information content (AvgIpc) is 2.24. The Bertz CT molecular complexity index is 308. The lowest BCUT2D eigenvalue weighted by Gasteiger charge is -2.23. The van der Waals surface area contributed by atoms with E-state index in [1.807, 2.05) is 0 Å². The zero-order valence-electron chi connectivity index (χ0n) is 10.0. The topological polar surface area (TPSA) is 71.1 Å². The summed E-state index contributed by atoms with van der Waals surface area (Å²) in [6.07, 6.45) is -8.11. The van der Waals surface area contributed by atoms with Gasteiger partial charge in [-0.2, -0.15) is 13.2 Å². The van der Waals surface area contributed by atoms with Crippen LogP contribution in [0.4, 0.5) is 13.2 Å². The fraction of sp³-hybridized carbons (Fsp3) is 0.875. The van der Waals surface area contributed by atoms with Crippen LogP contribution < -0.4 is 0 Å². The van der Waals surface area contributed by atoms with Crippen LogP contribution in [0.3, 0.4) is 0 Å². The van der Waals surface area contributed by atoms with Crippen molar-refractivity contribution in [3.05, 3.63) is 0 Å². The SMILES string of the molecule is CCOP(=O)(OCC)OC(C(=O)OC)C(F)(F)F. The van der Waals surface area contributed by atoms with Gasteiger partial charge in [-0.15, -0.1) is 0 Å². The van der Waals surface area contributed by atoms with Crippen molar-refractivity contribution in [3.63, 3.8) is 0 Å². The zero-order valence-corrected chi connectivity index (χ0v) is 10.9. The molecular formula is C8H14F3O6P. The van der Waals surface area contributed by atoms with Gasteiger partial charge < -0.3 is 4.74 Å². The van der Waals surface area contributed by atoms with E-state index in [4.69, 9.17) is 0 Å². The molecule has 0 aromatic carbocycles. The van der Waals surface area contributed by atoms with Crippen LogP contribution in [-0.4, -0.2) is 38.6 Å². The zero-order chi connectivity index (χ0) is 14.4. The Morgan fingerprint density at radius 2 is 1.67 bits per heavy atom. The third kappa shape index (κ3) is 5.34. The molecule has 0 aliphatic heterocycles. The first kappa shape index (κ1) is 17.4. The summed E-state index contributed by atoms with van der Waals surface area (Å²) in [5, 5.41) is 0. The van der Waals surface area contributed by atoms with Crippen molar-refractivity contribution < 1.29 is 40.8 Å². The molecule has 0 bridgehead atoms. The van der Waals surface area contributed by atoms with Crippen LogP contribution in [0.15, 0.2) is 0 Å². The van der Waals surface area contributed by atoms with Crippen molar-refractivity contribution >= 4 is 13.8 Å². The van der Waals surface area contributed by atoms with E-state index < -0.39 is 26.1 Å². The lowest BCUT2D eigenvalue weighted by Crippen LogP contribution is -2.39. The van der Waals surface area contributed by atoms with E-state index in [2.05, 4.69) is 18.3 Å². The van der Waals surface area contributed by atoms with Crippen molar-refractivity contribution in [1.82, 2.24) is 0 Å². The lowest BCUT2D eigenvalue weighted by atomic mass is 10.3. The minimum atomic E-state index is -5.09. The lowest BCUT2D eigenvalue weighted by molar-refractivity contribution is -0.213. The highest BCUT2D eigenvalue weighted by molar-refractivity contribution is 7.48. The fourth-order valence-electron chi connectivity index (χ4n) is 0.887. The van der Waals surface area contributed by atoms with Crippen LogP contribution in [0, 0.1) is 0 Å². The van der Waals surface area contributed by atoms with Gasteiger partial charge in [0.2, 0.25) is 0 Å². The minimum Gasteiger partial charge on any atom is -0.467 e. The Morgan fingerprint density at radius 1 is 1.22 bits per heavy atom. The number of halogens is 3. The summed E-state index contributed by atoms with van der Waals surface area (Å²) in [5.41, 5.74) is 0. The highest BCUT2D eigenvalue weighted by Crippen LogP contribution is 2.52. The van der Waals surface area contributed by atoms with Crippen LogP contribution in [0.25, 0.3) is 0 Å². The van der Waals surface area contributed by atoms with Gasteiger partial charge in [0.25, 0.3) is 6.10 Å². The maximum absolute atomic E-state index is 12.5. The van der Waals surface area contributed by atoms with E-state index in [0.29, 0.717) is 0 Å². The number of alkyl halides is 3. The molecule has 0 N–H and O–H groups in total. The van der Waals surface area contributed by atoms with Gasteiger partial charge in [0.15, 0.2) is 0 Å². The van der Waals surface area contributed by atoms with E-state index >= 15 is 0 Å². The summed E-state index contributed by atoms with van der Waals surface area (Å²) in [6.45, 7) is 2.36. The monoisotopic (exact) mass is 294 g/mol. The summed E-state index contributed by atoms with van der Waals surface area (Å²) in [6, 6.07) is 0. The molecule has 6 nitrogen and oxygen atoms in total. The molecule has 0 aromatic heterocycles. The second-order valence-corrected chi connectivity index (χ2v) is 4.45. The molecule has 1 atom stereocenters. The van der Waals surface area contributed by atoms with Gasteiger partial charge in [-0.25, -0.2) is 9.36 Å². The number of methoxy groups -OCH3 is 1. The molecule has 0 saturated carbocycles. The molecule has 10 heteroatoms. The van der Waals surface area contributed by atoms with Gasteiger partial charge in [-0.05, 0) is 13.8 Å². The van der Waals surface area contributed by atoms with Gasteiger partial charge in [-0.3, -0.25) is 13.6 Å². The van der Waals surface area contributed by atoms with Gasteiger partial charge in [0, 0.05) is 0 Å². The molecule has 0 heterocycles. The van der Waals surface area contributed by atoms with Crippen molar-refractivity contribution in [2.75, 3.05) is 20.3 Å². The first-order valence-electron chi connectivity index (χ1n) is 4.92. The minimum absolute atomic E-state index is 0.205. The standard InChI is InChI=1S/C8H14F3O6P/c1-4-15-18(13,16-5-2)17-6(7(12)14-3)8(9,10)11/h6H,4-5H2,1-3H3. The third-order valence-electron chi connectivity index (χ3n) is 1.52. The summed E-state index contributed by atoms with van der Waals surface area (Å²) >= 11 is 0. The maximum atomic E-state index is 12.5. The summed E-state index contributed by atoms with van der Waals surface area (Å²) in [7, 11) is -3.71. The number of rotatable bonds is 7. The number of carbonyl (C=O) groups is 1. The van der Waals surface area contributed by atoms with E-state index in [0.717, 1.165) is 7.11 Å². The molecule has 0 saturated heterocycles. The number of esters is 1. The van der Waals surface area contributed by atoms with Crippen molar-refractivity contribution in [2.24, 2.45) is 0 Å². The summed E-state index contributed by atoms with van der Waals surface area (Å²) < 4.78 is 66.3. The maximum Gasteiger partial charge on any atom is 0.475 e. The summed E-state index contributed by atoms with van der Waals surface area (Å²) in [4.78, 5) is 10.9. The van der Waals surface area contributed by atoms with Gasteiger partial charge in [0.05, 0.1) is 20.3 Å².